The minimum atomic E-state index is -0.793. The largest absolute Gasteiger partial charge is 0.354 e. The maximum Gasteiger partial charge on any atom is 0.271 e. The van der Waals surface area contributed by atoms with E-state index in [9.17, 15) is 24.0 Å². The number of thiazole rings is 1. The first-order valence-electron chi connectivity index (χ1n) is 14.2. The monoisotopic (exact) mass is 582 g/mol. The van der Waals surface area contributed by atoms with E-state index in [-0.39, 0.29) is 47.7 Å². The average Bonchev–Trinajstić information content (AvgIpc) is 3.59. The van der Waals surface area contributed by atoms with Crippen LogP contribution in [-0.2, 0) is 25.6 Å². The standard InChI is InChI=1S/C29H38N6O5S/c1-17(2)25-29-34-22(16-41-29)28(40)33-21(14-18-8-4-3-5-9-18)26(38)30-13-7-6-10-20(27(39)35-25)32-24(37)15-19-11-12-23(36)31-19/h3-5,8-9,16-17,19-21,25H,6-7,10-15H2,1-2H3,(H,30,38)(H,31,36)(H,32,37)(H,33,40)(H,35,39)/t19-,20-,21+,25+/m0/s1. The van der Waals surface area contributed by atoms with Crippen LogP contribution in [0.25, 0.3) is 0 Å². The lowest BCUT2D eigenvalue weighted by molar-refractivity contribution is -0.130. The molecule has 5 amide bonds. The van der Waals surface area contributed by atoms with E-state index in [0.29, 0.717) is 50.1 Å². The number of hydrogen-bond acceptors (Lipinski definition) is 7. The number of carbonyl (C=O) groups excluding carboxylic acids is 5. The third kappa shape index (κ3) is 8.59. The van der Waals surface area contributed by atoms with Crippen LogP contribution in [-0.4, -0.2) is 59.2 Å². The van der Waals surface area contributed by atoms with E-state index in [2.05, 4.69) is 31.6 Å². The fourth-order valence-corrected chi connectivity index (χ4v) is 6.00. The molecule has 11 nitrogen and oxygen atoms in total. The molecule has 0 unspecified atom stereocenters. The molecule has 1 saturated heterocycles. The Balaban J connectivity index is 1.52. The van der Waals surface area contributed by atoms with Gasteiger partial charge in [0.1, 0.15) is 22.8 Å². The zero-order valence-corrected chi connectivity index (χ0v) is 24.2. The molecular formula is C29H38N6O5S. The van der Waals surface area contributed by atoms with Crippen molar-refractivity contribution in [3.63, 3.8) is 0 Å². The van der Waals surface area contributed by atoms with Gasteiger partial charge in [0, 0.05) is 37.2 Å². The van der Waals surface area contributed by atoms with Crippen LogP contribution in [0.4, 0.5) is 0 Å². The van der Waals surface area contributed by atoms with Gasteiger partial charge in [-0.3, -0.25) is 24.0 Å². The molecule has 0 saturated carbocycles. The second-order valence-corrected chi connectivity index (χ2v) is 11.8. The van der Waals surface area contributed by atoms with Crippen molar-refractivity contribution in [1.29, 1.82) is 0 Å². The molecule has 5 N–H and O–H groups in total. The van der Waals surface area contributed by atoms with E-state index in [1.807, 2.05) is 44.2 Å². The van der Waals surface area contributed by atoms with Gasteiger partial charge in [0.2, 0.25) is 23.6 Å². The van der Waals surface area contributed by atoms with Gasteiger partial charge in [-0.2, -0.15) is 0 Å². The molecule has 220 valence electrons. The van der Waals surface area contributed by atoms with E-state index in [1.165, 1.54) is 11.3 Å². The minimum Gasteiger partial charge on any atom is -0.354 e. The number of nitrogens with one attached hydrogen (secondary N) is 5. The van der Waals surface area contributed by atoms with Crippen molar-refractivity contribution in [3.8, 4) is 0 Å². The van der Waals surface area contributed by atoms with Gasteiger partial charge in [-0.15, -0.1) is 11.3 Å². The molecule has 12 heteroatoms. The summed E-state index contributed by atoms with van der Waals surface area (Å²) < 4.78 is 0. The second kappa shape index (κ2) is 14.2. The van der Waals surface area contributed by atoms with Crippen molar-refractivity contribution < 1.29 is 24.0 Å². The first-order valence-corrected chi connectivity index (χ1v) is 15.0. The molecule has 2 aliphatic rings. The highest BCUT2D eigenvalue weighted by molar-refractivity contribution is 7.09. The summed E-state index contributed by atoms with van der Waals surface area (Å²) in [6.45, 7) is 4.24. The lowest BCUT2D eigenvalue weighted by Gasteiger charge is -2.25. The number of nitrogens with zero attached hydrogens (tertiary/aromatic N) is 1. The van der Waals surface area contributed by atoms with Crippen molar-refractivity contribution in [2.45, 2.75) is 83.0 Å². The van der Waals surface area contributed by atoms with E-state index in [4.69, 9.17) is 0 Å². The van der Waals surface area contributed by atoms with Crippen molar-refractivity contribution in [1.82, 2.24) is 31.6 Å². The number of carbonyl (C=O) groups is 5. The van der Waals surface area contributed by atoms with E-state index >= 15 is 0 Å². The summed E-state index contributed by atoms with van der Waals surface area (Å²) >= 11 is 1.26. The first kappa shape index (κ1) is 30.2. The highest BCUT2D eigenvalue weighted by Gasteiger charge is 2.30. The Morgan fingerprint density at radius 3 is 2.51 bits per heavy atom. The van der Waals surface area contributed by atoms with Gasteiger partial charge in [-0.05, 0) is 37.2 Å². The normalized spacial score (nSPS) is 24.3. The van der Waals surface area contributed by atoms with Crippen LogP contribution in [0.5, 0.6) is 0 Å². The fraction of sp³-hybridized carbons (Fsp3) is 0.517. The summed E-state index contributed by atoms with van der Waals surface area (Å²) in [4.78, 5) is 68.5. The molecule has 1 aromatic heterocycles. The number of amides is 5. The molecular weight excluding hydrogens is 544 g/mol. The smallest absolute Gasteiger partial charge is 0.271 e. The predicted octanol–water partition coefficient (Wildman–Crippen LogP) is 1.75. The van der Waals surface area contributed by atoms with Crippen LogP contribution in [0.2, 0.25) is 0 Å². The summed E-state index contributed by atoms with van der Waals surface area (Å²) in [6, 6.07) is 7.19. The molecule has 3 heterocycles. The SMILES string of the molecule is CC(C)[C@H]1NC(=O)[C@@H](NC(=O)C[C@@H]2CCC(=O)N2)CCCCNC(=O)[C@@H](Cc2ccccc2)NC(=O)c2csc1n2. The number of rotatable bonds is 6. The number of hydrogen-bond donors (Lipinski definition) is 5. The molecule has 41 heavy (non-hydrogen) atoms. The topological polar surface area (TPSA) is 158 Å². The van der Waals surface area contributed by atoms with Crippen molar-refractivity contribution in [2.24, 2.45) is 5.92 Å². The Labute approximate surface area is 243 Å². The summed E-state index contributed by atoms with van der Waals surface area (Å²) in [7, 11) is 0. The van der Waals surface area contributed by atoms with Crippen LogP contribution in [0, 0.1) is 5.92 Å². The predicted molar refractivity (Wildman–Crippen MR) is 154 cm³/mol. The Morgan fingerprint density at radius 2 is 1.80 bits per heavy atom. The van der Waals surface area contributed by atoms with Crippen LogP contribution in [0.1, 0.15) is 79.5 Å². The minimum absolute atomic E-state index is 0.0402. The Hall–Kier alpha value is -3.80. The zero-order chi connectivity index (χ0) is 29.4. The summed E-state index contributed by atoms with van der Waals surface area (Å²) in [5.74, 6) is -1.53. The molecule has 0 radical (unpaired) electrons. The van der Waals surface area contributed by atoms with Gasteiger partial charge in [-0.25, -0.2) is 4.98 Å². The summed E-state index contributed by atoms with van der Waals surface area (Å²) in [6.07, 6.45) is 2.94. The van der Waals surface area contributed by atoms with Crippen molar-refractivity contribution in [2.75, 3.05) is 6.54 Å². The number of benzene rings is 1. The molecule has 2 bridgehead atoms. The van der Waals surface area contributed by atoms with E-state index in [1.54, 1.807) is 5.38 Å². The third-order valence-electron chi connectivity index (χ3n) is 7.28. The Bertz CT molecular complexity index is 1250. The van der Waals surface area contributed by atoms with Crippen molar-refractivity contribution in [3.05, 3.63) is 52.0 Å². The van der Waals surface area contributed by atoms with Gasteiger partial charge in [-0.1, -0.05) is 44.2 Å². The van der Waals surface area contributed by atoms with Crippen LogP contribution < -0.4 is 26.6 Å². The van der Waals surface area contributed by atoms with Gasteiger partial charge in [0.25, 0.3) is 5.91 Å². The Morgan fingerprint density at radius 1 is 1.02 bits per heavy atom. The first-order chi connectivity index (χ1) is 19.7. The molecule has 0 spiro atoms. The van der Waals surface area contributed by atoms with E-state index in [0.717, 1.165) is 5.56 Å². The fourth-order valence-electron chi connectivity index (χ4n) is 4.98. The maximum absolute atomic E-state index is 13.4. The highest BCUT2D eigenvalue weighted by Crippen LogP contribution is 2.26. The quantitative estimate of drug-likeness (QED) is 0.349. The van der Waals surface area contributed by atoms with Gasteiger partial charge >= 0.3 is 0 Å². The highest BCUT2D eigenvalue weighted by atomic mass is 32.1. The van der Waals surface area contributed by atoms with Gasteiger partial charge in [0.15, 0.2) is 0 Å². The Kier molecular flexibility index (Phi) is 10.4. The van der Waals surface area contributed by atoms with Crippen LogP contribution in [0.15, 0.2) is 35.7 Å². The molecule has 4 atom stereocenters. The molecule has 2 aromatic rings. The van der Waals surface area contributed by atoms with Gasteiger partial charge in [0.05, 0.1) is 6.04 Å². The second-order valence-electron chi connectivity index (χ2n) is 10.9. The molecule has 1 fully saturated rings. The summed E-state index contributed by atoms with van der Waals surface area (Å²) in [5.41, 5.74) is 1.09. The van der Waals surface area contributed by atoms with Crippen LogP contribution >= 0.6 is 11.3 Å². The maximum atomic E-state index is 13.4. The van der Waals surface area contributed by atoms with Gasteiger partial charge < -0.3 is 26.6 Å². The average molecular weight is 583 g/mol. The molecule has 2 aliphatic heterocycles. The summed E-state index contributed by atoms with van der Waals surface area (Å²) in [5, 5.41) is 16.6. The molecule has 4 rings (SSSR count). The molecule has 1 aromatic carbocycles. The third-order valence-corrected chi connectivity index (χ3v) is 8.20. The van der Waals surface area contributed by atoms with E-state index < -0.39 is 24.0 Å². The zero-order valence-electron chi connectivity index (χ0n) is 23.4. The lowest BCUT2D eigenvalue weighted by Crippen LogP contribution is -2.50. The molecule has 0 aliphatic carbocycles. The lowest BCUT2D eigenvalue weighted by atomic mass is 10.0. The number of aromatic nitrogens is 1. The number of fused-ring (bicyclic) bond motifs is 2. The van der Waals surface area contributed by atoms with Crippen molar-refractivity contribution >= 4 is 40.9 Å². The van der Waals surface area contributed by atoms with Crippen LogP contribution in [0.3, 0.4) is 0 Å².